The lowest BCUT2D eigenvalue weighted by Crippen LogP contribution is -2.26. The first-order valence-corrected chi connectivity index (χ1v) is 8.83. The maximum Gasteiger partial charge on any atom is 0.352 e. The standard InChI is InChI=1S/C18H17BCl2N2O2/c1-10-16(18(24)25)22-23(15-8-7-13(20)9-14(15)21)17(10)11-3-5-12(19-2)6-4-11/h3-10,17,19H,1-2H3,(H,24,25)/t10-,17+/m0/s1. The van der Waals surface area contributed by atoms with Crippen molar-refractivity contribution in [2.24, 2.45) is 11.0 Å². The molecule has 4 nitrogen and oxygen atoms in total. The molecule has 2 atom stereocenters. The van der Waals surface area contributed by atoms with E-state index in [1.165, 1.54) is 5.46 Å². The van der Waals surface area contributed by atoms with Crippen LogP contribution in [0.15, 0.2) is 47.6 Å². The predicted molar refractivity (Wildman–Crippen MR) is 105 cm³/mol. The van der Waals surface area contributed by atoms with E-state index in [-0.39, 0.29) is 17.7 Å². The van der Waals surface area contributed by atoms with Crippen LogP contribution in [0, 0.1) is 5.92 Å². The van der Waals surface area contributed by atoms with Crippen molar-refractivity contribution in [1.29, 1.82) is 0 Å². The molecule has 3 rings (SSSR count). The summed E-state index contributed by atoms with van der Waals surface area (Å²) in [4.78, 5) is 11.6. The summed E-state index contributed by atoms with van der Waals surface area (Å²) in [6.45, 7) is 3.97. The molecule has 1 heterocycles. The quantitative estimate of drug-likeness (QED) is 0.829. The number of halogens is 2. The summed E-state index contributed by atoms with van der Waals surface area (Å²) in [5, 5.41) is 16.5. The Morgan fingerprint density at radius 1 is 1.20 bits per heavy atom. The zero-order valence-electron chi connectivity index (χ0n) is 13.9. The van der Waals surface area contributed by atoms with E-state index in [4.69, 9.17) is 23.2 Å². The van der Waals surface area contributed by atoms with E-state index in [9.17, 15) is 9.90 Å². The molecule has 0 saturated heterocycles. The fourth-order valence-electron chi connectivity index (χ4n) is 3.12. The van der Waals surface area contributed by atoms with Crippen LogP contribution in [0.1, 0.15) is 18.5 Å². The third-order valence-electron chi connectivity index (χ3n) is 4.49. The Kier molecular flexibility index (Phi) is 5.07. The van der Waals surface area contributed by atoms with Gasteiger partial charge in [0, 0.05) is 10.9 Å². The largest absolute Gasteiger partial charge is 0.477 e. The highest BCUT2D eigenvalue weighted by atomic mass is 35.5. The van der Waals surface area contributed by atoms with Crippen molar-refractivity contribution in [2.75, 3.05) is 5.01 Å². The molecule has 0 unspecified atom stereocenters. The molecule has 25 heavy (non-hydrogen) atoms. The third kappa shape index (κ3) is 3.39. The Morgan fingerprint density at radius 2 is 1.88 bits per heavy atom. The molecule has 0 spiro atoms. The lowest BCUT2D eigenvalue weighted by molar-refractivity contribution is -0.129. The van der Waals surface area contributed by atoms with Crippen LogP contribution >= 0.6 is 23.2 Å². The molecule has 128 valence electrons. The van der Waals surface area contributed by atoms with Crippen LogP contribution in [0.3, 0.4) is 0 Å². The summed E-state index contributed by atoms with van der Waals surface area (Å²) in [5.41, 5.74) is 2.98. The molecule has 0 bridgehead atoms. The van der Waals surface area contributed by atoms with Crippen LogP contribution in [-0.4, -0.2) is 24.1 Å². The van der Waals surface area contributed by atoms with Gasteiger partial charge in [-0.05, 0) is 23.8 Å². The first-order valence-electron chi connectivity index (χ1n) is 8.07. The van der Waals surface area contributed by atoms with Gasteiger partial charge >= 0.3 is 5.97 Å². The van der Waals surface area contributed by atoms with Crippen molar-refractivity contribution in [1.82, 2.24) is 0 Å². The van der Waals surface area contributed by atoms with Crippen molar-refractivity contribution in [3.8, 4) is 0 Å². The van der Waals surface area contributed by atoms with Crippen molar-refractivity contribution >= 4 is 53.3 Å². The number of rotatable bonds is 4. The van der Waals surface area contributed by atoms with E-state index >= 15 is 0 Å². The van der Waals surface area contributed by atoms with Crippen LogP contribution in [0.4, 0.5) is 5.69 Å². The van der Waals surface area contributed by atoms with Crippen molar-refractivity contribution in [2.45, 2.75) is 19.8 Å². The number of benzene rings is 2. The van der Waals surface area contributed by atoms with Crippen molar-refractivity contribution < 1.29 is 9.90 Å². The topological polar surface area (TPSA) is 52.9 Å². The summed E-state index contributed by atoms with van der Waals surface area (Å²) >= 11 is 12.3. The van der Waals surface area contributed by atoms with E-state index in [2.05, 4.69) is 24.1 Å². The first-order chi connectivity index (χ1) is 11.9. The minimum absolute atomic E-state index is 0.121. The average molecular weight is 375 g/mol. The summed E-state index contributed by atoms with van der Waals surface area (Å²) in [6, 6.07) is 13.0. The van der Waals surface area contributed by atoms with E-state index in [1.807, 2.05) is 19.1 Å². The molecule has 0 fully saturated rings. The zero-order valence-corrected chi connectivity index (χ0v) is 15.4. The van der Waals surface area contributed by atoms with Crippen molar-refractivity contribution in [3.05, 3.63) is 58.1 Å². The number of aliphatic carboxylic acids is 1. The van der Waals surface area contributed by atoms with Gasteiger partial charge in [0.05, 0.1) is 16.8 Å². The van der Waals surface area contributed by atoms with E-state index in [1.54, 1.807) is 23.2 Å². The maximum absolute atomic E-state index is 11.6. The predicted octanol–water partition coefficient (Wildman–Crippen LogP) is 3.74. The fourth-order valence-corrected chi connectivity index (χ4v) is 3.61. The number of hydrazone groups is 1. The molecule has 1 aliphatic heterocycles. The Morgan fingerprint density at radius 3 is 2.44 bits per heavy atom. The third-order valence-corrected chi connectivity index (χ3v) is 5.03. The summed E-state index contributed by atoms with van der Waals surface area (Å²) in [7, 11) is 0.949. The van der Waals surface area contributed by atoms with Gasteiger partial charge in [0.25, 0.3) is 0 Å². The van der Waals surface area contributed by atoms with Gasteiger partial charge in [-0.3, -0.25) is 5.01 Å². The lowest BCUT2D eigenvalue weighted by Gasteiger charge is -2.27. The van der Waals surface area contributed by atoms with E-state index in [0.29, 0.717) is 15.7 Å². The van der Waals surface area contributed by atoms with Gasteiger partial charge in [0.1, 0.15) is 0 Å². The van der Waals surface area contributed by atoms with E-state index in [0.717, 1.165) is 12.8 Å². The van der Waals surface area contributed by atoms with E-state index < -0.39 is 5.97 Å². The zero-order chi connectivity index (χ0) is 18.1. The molecular weight excluding hydrogens is 358 g/mol. The van der Waals surface area contributed by atoms with Gasteiger partial charge in [-0.25, -0.2) is 4.79 Å². The molecule has 2 aromatic rings. The number of carbonyl (C=O) groups is 1. The number of hydrogen-bond acceptors (Lipinski definition) is 3. The minimum Gasteiger partial charge on any atom is -0.477 e. The van der Waals surface area contributed by atoms with Crippen LogP contribution in [0.5, 0.6) is 0 Å². The summed E-state index contributed by atoms with van der Waals surface area (Å²) < 4.78 is 0. The molecule has 0 aromatic heterocycles. The molecule has 0 saturated carbocycles. The number of nitrogens with zero attached hydrogens (tertiary/aromatic N) is 2. The second-order valence-corrected chi connectivity index (χ2v) is 6.90. The highest BCUT2D eigenvalue weighted by molar-refractivity contribution is 6.51. The van der Waals surface area contributed by atoms with Gasteiger partial charge in [0.15, 0.2) is 13.0 Å². The minimum atomic E-state index is -1.02. The lowest BCUT2D eigenvalue weighted by atomic mass is 9.73. The Bertz CT molecular complexity index is 839. The first kappa shape index (κ1) is 17.8. The molecular formula is C18H17BCl2N2O2. The van der Waals surface area contributed by atoms with Crippen molar-refractivity contribution in [3.63, 3.8) is 0 Å². The Labute approximate surface area is 157 Å². The van der Waals surface area contributed by atoms with Gasteiger partial charge in [-0.1, -0.05) is 66.7 Å². The molecule has 0 amide bonds. The maximum atomic E-state index is 11.6. The van der Waals surface area contributed by atoms with Crippen LogP contribution in [0.25, 0.3) is 0 Å². The number of anilines is 1. The average Bonchev–Trinajstić information content (AvgIpc) is 2.92. The summed E-state index contributed by atoms with van der Waals surface area (Å²) in [5.74, 6) is -1.30. The van der Waals surface area contributed by atoms with Gasteiger partial charge < -0.3 is 5.11 Å². The highest BCUT2D eigenvalue weighted by Gasteiger charge is 2.39. The Hall–Kier alpha value is -1.98. The fraction of sp³-hybridized carbons (Fsp3) is 0.222. The summed E-state index contributed by atoms with van der Waals surface area (Å²) in [6.07, 6.45) is 0. The molecule has 1 aliphatic rings. The Balaban J connectivity index is 2.08. The van der Waals surface area contributed by atoms with Crippen LogP contribution in [-0.2, 0) is 4.79 Å². The molecule has 0 aliphatic carbocycles. The monoisotopic (exact) mass is 374 g/mol. The van der Waals surface area contributed by atoms with Crippen LogP contribution < -0.4 is 10.5 Å². The number of carboxylic acids is 1. The second kappa shape index (κ2) is 7.10. The van der Waals surface area contributed by atoms with Gasteiger partial charge in [0.2, 0.25) is 0 Å². The molecule has 1 N–H and O–H groups in total. The van der Waals surface area contributed by atoms with Crippen LogP contribution in [0.2, 0.25) is 16.9 Å². The molecule has 7 heteroatoms. The van der Waals surface area contributed by atoms with Gasteiger partial charge in [-0.2, -0.15) is 5.10 Å². The smallest absolute Gasteiger partial charge is 0.352 e. The second-order valence-electron chi connectivity index (χ2n) is 6.06. The molecule has 0 radical (unpaired) electrons. The van der Waals surface area contributed by atoms with Gasteiger partial charge in [-0.15, -0.1) is 0 Å². The SMILES string of the molecule is CBc1ccc([C@H]2[C@@H](C)C(C(=O)O)=NN2c2ccc(Cl)cc2Cl)cc1. The normalized spacial score (nSPS) is 19.7. The number of hydrogen-bond donors (Lipinski definition) is 1. The number of carboxylic acid groups (broad SMARTS) is 1. The highest BCUT2D eigenvalue weighted by Crippen LogP contribution is 2.42. The molecule has 2 aromatic carbocycles.